The molecule has 5 heteroatoms. The summed E-state index contributed by atoms with van der Waals surface area (Å²) in [5.74, 6) is -0.213. The molecular formula is C13H24N2O3. The van der Waals surface area contributed by atoms with Crippen molar-refractivity contribution < 1.29 is 14.7 Å². The van der Waals surface area contributed by atoms with Gasteiger partial charge in [-0.25, -0.2) is 4.79 Å². The summed E-state index contributed by atoms with van der Waals surface area (Å²) in [5, 5.41) is 14.4. The minimum Gasteiger partial charge on any atom is -0.481 e. The Balaban J connectivity index is 2.23. The van der Waals surface area contributed by atoms with Crippen LogP contribution in [0, 0.1) is 5.92 Å². The lowest BCUT2D eigenvalue weighted by atomic mass is 9.74. The molecule has 1 rings (SSSR count). The molecule has 0 spiro atoms. The van der Waals surface area contributed by atoms with E-state index in [2.05, 4.69) is 24.5 Å². The molecule has 0 aliphatic heterocycles. The molecule has 0 unspecified atom stereocenters. The number of hydrogen-bond acceptors (Lipinski definition) is 2. The van der Waals surface area contributed by atoms with Gasteiger partial charge in [-0.3, -0.25) is 4.79 Å². The Kier molecular flexibility index (Phi) is 5.44. The summed E-state index contributed by atoms with van der Waals surface area (Å²) in [6.07, 6.45) is 4.57. The molecule has 1 aliphatic carbocycles. The van der Waals surface area contributed by atoms with Crippen molar-refractivity contribution in [1.29, 1.82) is 0 Å². The summed E-state index contributed by atoms with van der Waals surface area (Å²) >= 11 is 0. The second-order valence-corrected chi connectivity index (χ2v) is 5.62. The third-order valence-corrected chi connectivity index (χ3v) is 3.42. The molecule has 5 nitrogen and oxygen atoms in total. The predicted octanol–water partition coefficient (Wildman–Crippen LogP) is 2.12. The Morgan fingerprint density at radius 2 is 2.00 bits per heavy atom. The summed E-state index contributed by atoms with van der Waals surface area (Å²) in [6, 6.07) is -0.236. The van der Waals surface area contributed by atoms with Crippen LogP contribution in [0.4, 0.5) is 4.79 Å². The maximum atomic E-state index is 11.7. The first kappa shape index (κ1) is 14.8. The summed E-state index contributed by atoms with van der Waals surface area (Å²) in [5.41, 5.74) is -0.506. The predicted molar refractivity (Wildman–Crippen MR) is 69.4 cm³/mol. The second kappa shape index (κ2) is 6.61. The molecule has 0 heterocycles. The number of amides is 2. The summed E-state index contributed by atoms with van der Waals surface area (Å²) in [6.45, 7) is 4.94. The number of rotatable bonds is 7. The molecule has 0 atom stereocenters. The van der Waals surface area contributed by atoms with Crippen LogP contribution in [0.25, 0.3) is 0 Å². The van der Waals surface area contributed by atoms with Gasteiger partial charge < -0.3 is 15.7 Å². The first-order valence-corrected chi connectivity index (χ1v) is 6.71. The van der Waals surface area contributed by atoms with Crippen LogP contribution in [0.3, 0.4) is 0 Å². The SMILES string of the molecule is CC(C)CCCNC(=O)NC1(CC(=O)O)CCC1. The van der Waals surface area contributed by atoms with Gasteiger partial charge in [0.2, 0.25) is 0 Å². The van der Waals surface area contributed by atoms with Gasteiger partial charge in [0, 0.05) is 6.54 Å². The number of hydrogen-bond donors (Lipinski definition) is 3. The summed E-state index contributed by atoms with van der Waals surface area (Å²) in [7, 11) is 0. The number of carbonyl (C=O) groups excluding carboxylic acids is 1. The number of carbonyl (C=O) groups is 2. The average Bonchev–Trinajstić information content (AvgIpc) is 2.20. The van der Waals surface area contributed by atoms with Gasteiger partial charge in [-0.15, -0.1) is 0 Å². The number of carboxylic acids is 1. The minimum atomic E-state index is -0.852. The number of nitrogens with one attached hydrogen (secondary N) is 2. The zero-order chi connectivity index (χ0) is 13.6. The standard InChI is InChI=1S/C13H24N2O3/c1-10(2)5-3-8-14-12(18)15-13(6-4-7-13)9-11(16)17/h10H,3-9H2,1-2H3,(H,16,17)(H2,14,15,18). The van der Waals surface area contributed by atoms with Gasteiger partial charge in [-0.2, -0.15) is 0 Å². The topological polar surface area (TPSA) is 78.4 Å². The molecule has 104 valence electrons. The number of carboxylic acid groups (broad SMARTS) is 1. The highest BCUT2D eigenvalue weighted by Crippen LogP contribution is 2.34. The zero-order valence-corrected chi connectivity index (χ0v) is 11.3. The molecule has 2 amide bonds. The third kappa shape index (κ3) is 4.94. The van der Waals surface area contributed by atoms with Crippen LogP contribution in [0.5, 0.6) is 0 Å². The fourth-order valence-electron chi connectivity index (χ4n) is 2.24. The molecule has 3 N–H and O–H groups in total. The van der Waals surface area contributed by atoms with Crippen molar-refractivity contribution in [2.45, 2.75) is 57.9 Å². The Hall–Kier alpha value is -1.26. The number of urea groups is 1. The first-order chi connectivity index (χ1) is 8.43. The Morgan fingerprint density at radius 1 is 1.33 bits per heavy atom. The number of aliphatic carboxylic acids is 1. The van der Waals surface area contributed by atoms with E-state index >= 15 is 0 Å². The molecular weight excluding hydrogens is 232 g/mol. The highest BCUT2D eigenvalue weighted by atomic mass is 16.4. The van der Waals surface area contributed by atoms with E-state index in [9.17, 15) is 9.59 Å². The van der Waals surface area contributed by atoms with E-state index in [1.54, 1.807) is 0 Å². The Labute approximate surface area is 108 Å². The molecule has 0 aromatic carbocycles. The van der Waals surface area contributed by atoms with Crippen molar-refractivity contribution in [3.05, 3.63) is 0 Å². The zero-order valence-electron chi connectivity index (χ0n) is 11.3. The van der Waals surface area contributed by atoms with Crippen LogP contribution in [0.15, 0.2) is 0 Å². The summed E-state index contributed by atoms with van der Waals surface area (Å²) in [4.78, 5) is 22.4. The molecule has 18 heavy (non-hydrogen) atoms. The van der Waals surface area contributed by atoms with E-state index < -0.39 is 11.5 Å². The van der Waals surface area contributed by atoms with Gasteiger partial charge in [0.1, 0.15) is 0 Å². The quantitative estimate of drug-likeness (QED) is 0.610. The third-order valence-electron chi connectivity index (χ3n) is 3.42. The average molecular weight is 256 g/mol. The maximum Gasteiger partial charge on any atom is 0.315 e. The van der Waals surface area contributed by atoms with Gasteiger partial charge in [0.05, 0.1) is 12.0 Å². The van der Waals surface area contributed by atoms with Crippen LogP contribution in [-0.4, -0.2) is 29.2 Å². The molecule has 1 fully saturated rings. The largest absolute Gasteiger partial charge is 0.481 e. The smallest absolute Gasteiger partial charge is 0.315 e. The van der Waals surface area contributed by atoms with E-state index in [-0.39, 0.29) is 12.5 Å². The normalized spacial score (nSPS) is 17.1. The Bertz CT molecular complexity index is 299. The molecule has 0 aromatic heterocycles. The van der Waals surface area contributed by atoms with Crippen LogP contribution < -0.4 is 10.6 Å². The second-order valence-electron chi connectivity index (χ2n) is 5.62. The lowest BCUT2D eigenvalue weighted by Crippen LogP contribution is -2.57. The van der Waals surface area contributed by atoms with Gasteiger partial charge in [0.25, 0.3) is 0 Å². The molecule has 0 bridgehead atoms. The van der Waals surface area contributed by atoms with Crippen LogP contribution in [0.2, 0.25) is 0 Å². The molecule has 0 saturated heterocycles. The van der Waals surface area contributed by atoms with Crippen LogP contribution in [0.1, 0.15) is 52.4 Å². The van der Waals surface area contributed by atoms with Crippen molar-refractivity contribution in [3.8, 4) is 0 Å². The van der Waals surface area contributed by atoms with E-state index in [4.69, 9.17) is 5.11 Å². The van der Waals surface area contributed by atoms with E-state index in [0.717, 1.165) is 32.1 Å². The highest BCUT2D eigenvalue weighted by molar-refractivity contribution is 5.77. The molecule has 0 radical (unpaired) electrons. The Morgan fingerprint density at radius 3 is 2.44 bits per heavy atom. The van der Waals surface area contributed by atoms with Crippen LogP contribution in [-0.2, 0) is 4.79 Å². The fraction of sp³-hybridized carbons (Fsp3) is 0.846. The van der Waals surface area contributed by atoms with Crippen molar-refractivity contribution in [1.82, 2.24) is 10.6 Å². The lowest BCUT2D eigenvalue weighted by molar-refractivity contribution is -0.139. The van der Waals surface area contributed by atoms with E-state index in [0.29, 0.717) is 12.5 Å². The minimum absolute atomic E-state index is 0.0203. The molecule has 0 aromatic rings. The van der Waals surface area contributed by atoms with Crippen molar-refractivity contribution >= 4 is 12.0 Å². The molecule has 1 aliphatic rings. The first-order valence-electron chi connectivity index (χ1n) is 6.71. The van der Waals surface area contributed by atoms with Gasteiger partial charge in [0.15, 0.2) is 0 Å². The fourth-order valence-corrected chi connectivity index (χ4v) is 2.24. The maximum absolute atomic E-state index is 11.7. The monoisotopic (exact) mass is 256 g/mol. The molecule has 1 saturated carbocycles. The van der Waals surface area contributed by atoms with Gasteiger partial charge in [-0.1, -0.05) is 13.8 Å². The van der Waals surface area contributed by atoms with Crippen LogP contribution >= 0.6 is 0 Å². The summed E-state index contributed by atoms with van der Waals surface area (Å²) < 4.78 is 0. The lowest BCUT2D eigenvalue weighted by Gasteiger charge is -2.41. The van der Waals surface area contributed by atoms with Gasteiger partial charge >= 0.3 is 12.0 Å². The van der Waals surface area contributed by atoms with Crippen molar-refractivity contribution in [2.24, 2.45) is 5.92 Å². The van der Waals surface area contributed by atoms with Gasteiger partial charge in [-0.05, 0) is 38.0 Å². The van der Waals surface area contributed by atoms with E-state index in [1.165, 1.54) is 0 Å². The van der Waals surface area contributed by atoms with E-state index in [1.807, 2.05) is 0 Å². The highest BCUT2D eigenvalue weighted by Gasteiger charge is 2.40. The van der Waals surface area contributed by atoms with Crippen molar-refractivity contribution in [3.63, 3.8) is 0 Å². The van der Waals surface area contributed by atoms with Crippen molar-refractivity contribution in [2.75, 3.05) is 6.54 Å².